The first kappa shape index (κ1) is 13.4. The van der Waals surface area contributed by atoms with Crippen molar-refractivity contribution in [2.75, 3.05) is 18.9 Å². The van der Waals surface area contributed by atoms with Gasteiger partial charge in [-0.2, -0.15) is 11.3 Å². The fourth-order valence-electron chi connectivity index (χ4n) is 1.48. The number of rotatable bonds is 5. The molecule has 0 aliphatic heterocycles. The zero-order chi connectivity index (χ0) is 13.7. The van der Waals surface area contributed by atoms with Crippen molar-refractivity contribution >= 4 is 23.1 Å². The van der Waals surface area contributed by atoms with Crippen LogP contribution in [0.3, 0.4) is 0 Å². The van der Waals surface area contributed by atoms with Crippen LogP contribution in [0, 0.1) is 0 Å². The van der Waals surface area contributed by atoms with Crippen LogP contribution in [0.25, 0.3) is 11.3 Å². The molecular formula is C12H14N4O2S. The second kappa shape index (κ2) is 6.26. The van der Waals surface area contributed by atoms with Crippen LogP contribution in [0.5, 0.6) is 0 Å². The van der Waals surface area contributed by atoms with Gasteiger partial charge >= 0.3 is 0 Å². The number of carbonyl (C=O) groups is 1. The van der Waals surface area contributed by atoms with E-state index in [9.17, 15) is 4.79 Å². The highest BCUT2D eigenvalue weighted by Crippen LogP contribution is 2.20. The van der Waals surface area contributed by atoms with Gasteiger partial charge in [-0.3, -0.25) is 4.79 Å². The fraction of sp³-hybridized carbons (Fsp3) is 0.250. The zero-order valence-corrected chi connectivity index (χ0v) is 11.0. The number of hydrogen-bond acceptors (Lipinski definition) is 6. The topological polar surface area (TPSA) is 101 Å². The molecule has 0 bridgehead atoms. The molecule has 19 heavy (non-hydrogen) atoms. The summed E-state index contributed by atoms with van der Waals surface area (Å²) in [6.45, 7) is 0.398. The standard InChI is InChI=1S/C12H14N4O2S/c13-11-10(12(18)14-3-1-4-17)16-9(6-15-11)8-2-5-19-7-8/h2,5-7,17H,1,3-4H2,(H2,13,15)(H,14,18). The van der Waals surface area contributed by atoms with Crippen molar-refractivity contribution < 1.29 is 9.90 Å². The van der Waals surface area contributed by atoms with Gasteiger partial charge in [-0.15, -0.1) is 0 Å². The van der Waals surface area contributed by atoms with E-state index in [0.717, 1.165) is 5.56 Å². The molecule has 4 N–H and O–H groups in total. The third kappa shape index (κ3) is 3.27. The number of amides is 1. The van der Waals surface area contributed by atoms with Gasteiger partial charge in [0.1, 0.15) is 0 Å². The predicted octanol–water partition coefficient (Wildman–Crippen LogP) is 0.899. The van der Waals surface area contributed by atoms with E-state index in [4.69, 9.17) is 10.8 Å². The van der Waals surface area contributed by atoms with Crippen molar-refractivity contribution in [3.8, 4) is 11.3 Å². The molecule has 2 aromatic rings. The summed E-state index contributed by atoms with van der Waals surface area (Å²) >= 11 is 1.54. The molecule has 0 fully saturated rings. The van der Waals surface area contributed by atoms with E-state index in [0.29, 0.717) is 18.7 Å². The minimum atomic E-state index is -0.379. The lowest BCUT2D eigenvalue weighted by Gasteiger charge is -2.07. The average Bonchev–Trinajstić information content (AvgIpc) is 2.93. The lowest BCUT2D eigenvalue weighted by atomic mass is 10.2. The third-order valence-corrected chi connectivity index (χ3v) is 3.14. The van der Waals surface area contributed by atoms with E-state index < -0.39 is 0 Å². The molecule has 0 aliphatic rings. The summed E-state index contributed by atoms with van der Waals surface area (Å²) in [6, 6.07) is 1.90. The molecule has 2 aromatic heterocycles. The van der Waals surface area contributed by atoms with Gasteiger partial charge in [0.2, 0.25) is 0 Å². The van der Waals surface area contributed by atoms with Gasteiger partial charge in [0.25, 0.3) is 5.91 Å². The van der Waals surface area contributed by atoms with Gasteiger partial charge in [-0.25, -0.2) is 9.97 Å². The van der Waals surface area contributed by atoms with Crippen LogP contribution < -0.4 is 11.1 Å². The summed E-state index contributed by atoms with van der Waals surface area (Å²) in [5, 5.41) is 15.2. The van der Waals surface area contributed by atoms with Crippen LogP contribution in [0.4, 0.5) is 5.82 Å². The number of anilines is 1. The summed E-state index contributed by atoms with van der Waals surface area (Å²) in [4.78, 5) is 20.1. The maximum atomic E-state index is 11.9. The summed E-state index contributed by atoms with van der Waals surface area (Å²) in [5.41, 5.74) is 7.30. The lowest BCUT2D eigenvalue weighted by Crippen LogP contribution is -2.27. The van der Waals surface area contributed by atoms with Crippen LogP contribution >= 0.6 is 11.3 Å². The number of thiophene rings is 1. The Bertz CT molecular complexity index is 557. The fourth-order valence-corrected chi connectivity index (χ4v) is 2.13. The zero-order valence-electron chi connectivity index (χ0n) is 10.2. The van der Waals surface area contributed by atoms with Gasteiger partial charge in [-0.1, -0.05) is 0 Å². The van der Waals surface area contributed by atoms with E-state index in [2.05, 4.69) is 15.3 Å². The number of nitrogens with one attached hydrogen (secondary N) is 1. The first-order chi connectivity index (χ1) is 9.22. The van der Waals surface area contributed by atoms with Crippen molar-refractivity contribution in [2.45, 2.75) is 6.42 Å². The molecule has 0 aliphatic carbocycles. The van der Waals surface area contributed by atoms with Gasteiger partial charge in [0.15, 0.2) is 11.5 Å². The summed E-state index contributed by atoms with van der Waals surface area (Å²) in [6.07, 6.45) is 2.03. The second-order valence-electron chi connectivity index (χ2n) is 3.83. The molecule has 1 amide bonds. The molecule has 100 valence electrons. The Labute approximate surface area is 114 Å². The molecule has 0 spiro atoms. The highest BCUT2D eigenvalue weighted by Gasteiger charge is 2.14. The minimum absolute atomic E-state index is 0.0242. The number of carbonyl (C=O) groups excluding carboxylic acids is 1. The summed E-state index contributed by atoms with van der Waals surface area (Å²) in [7, 11) is 0. The molecule has 0 unspecified atom stereocenters. The van der Waals surface area contributed by atoms with Gasteiger partial charge < -0.3 is 16.2 Å². The minimum Gasteiger partial charge on any atom is -0.396 e. The molecule has 0 aromatic carbocycles. The van der Waals surface area contributed by atoms with Gasteiger partial charge in [0.05, 0.1) is 11.9 Å². The SMILES string of the molecule is Nc1ncc(-c2ccsc2)nc1C(=O)NCCCO. The molecule has 6 nitrogen and oxygen atoms in total. The first-order valence-corrected chi connectivity index (χ1v) is 6.71. The Hall–Kier alpha value is -1.99. The van der Waals surface area contributed by atoms with Crippen molar-refractivity contribution in [3.05, 3.63) is 28.7 Å². The summed E-state index contributed by atoms with van der Waals surface area (Å²) in [5.74, 6) is -0.281. The van der Waals surface area contributed by atoms with Crippen LogP contribution in [0.1, 0.15) is 16.9 Å². The number of nitrogen functional groups attached to an aromatic ring is 1. The Kier molecular flexibility index (Phi) is 4.43. The molecule has 0 atom stereocenters. The van der Waals surface area contributed by atoms with Crippen molar-refractivity contribution in [3.63, 3.8) is 0 Å². The van der Waals surface area contributed by atoms with Crippen LogP contribution in [-0.2, 0) is 0 Å². The molecule has 0 saturated heterocycles. The Morgan fingerprint density at radius 1 is 1.53 bits per heavy atom. The highest BCUT2D eigenvalue weighted by molar-refractivity contribution is 7.08. The number of nitrogens with two attached hydrogens (primary N) is 1. The Morgan fingerprint density at radius 3 is 3.05 bits per heavy atom. The van der Waals surface area contributed by atoms with E-state index in [-0.39, 0.29) is 24.0 Å². The highest BCUT2D eigenvalue weighted by atomic mass is 32.1. The molecule has 2 rings (SSSR count). The third-order valence-electron chi connectivity index (χ3n) is 2.45. The normalized spacial score (nSPS) is 10.4. The molecule has 2 heterocycles. The maximum Gasteiger partial charge on any atom is 0.273 e. The predicted molar refractivity (Wildman–Crippen MR) is 73.8 cm³/mol. The van der Waals surface area contributed by atoms with Crippen molar-refractivity contribution in [1.29, 1.82) is 0 Å². The number of hydrogen-bond donors (Lipinski definition) is 3. The van der Waals surface area contributed by atoms with E-state index in [1.807, 2.05) is 16.8 Å². The molecule has 0 radical (unpaired) electrons. The van der Waals surface area contributed by atoms with E-state index >= 15 is 0 Å². The van der Waals surface area contributed by atoms with E-state index in [1.54, 1.807) is 17.5 Å². The molecule has 7 heteroatoms. The number of aliphatic hydroxyl groups is 1. The largest absolute Gasteiger partial charge is 0.396 e. The van der Waals surface area contributed by atoms with Crippen molar-refractivity contribution in [1.82, 2.24) is 15.3 Å². The van der Waals surface area contributed by atoms with Gasteiger partial charge in [0, 0.05) is 24.1 Å². The van der Waals surface area contributed by atoms with E-state index in [1.165, 1.54) is 0 Å². The monoisotopic (exact) mass is 278 g/mol. The Balaban J connectivity index is 2.20. The number of nitrogens with zero attached hydrogens (tertiary/aromatic N) is 2. The lowest BCUT2D eigenvalue weighted by molar-refractivity contribution is 0.0947. The Morgan fingerprint density at radius 2 is 2.37 bits per heavy atom. The summed E-state index contributed by atoms with van der Waals surface area (Å²) < 4.78 is 0. The van der Waals surface area contributed by atoms with Crippen LogP contribution in [-0.4, -0.2) is 34.1 Å². The maximum absolute atomic E-state index is 11.9. The van der Waals surface area contributed by atoms with Crippen LogP contribution in [0.2, 0.25) is 0 Å². The molecular weight excluding hydrogens is 264 g/mol. The average molecular weight is 278 g/mol. The molecule has 0 saturated carbocycles. The second-order valence-corrected chi connectivity index (χ2v) is 4.61. The smallest absolute Gasteiger partial charge is 0.273 e. The van der Waals surface area contributed by atoms with Crippen molar-refractivity contribution in [2.24, 2.45) is 0 Å². The first-order valence-electron chi connectivity index (χ1n) is 5.76. The van der Waals surface area contributed by atoms with Crippen LogP contribution in [0.15, 0.2) is 23.0 Å². The van der Waals surface area contributed by atoms with Gasteiger partial charge in [-0.05, 0) is 17.9 Å². The number of aromatic nitrogens is 2. The quantitative estimate of drug-likeness (QED) is 0.705. The number of aliphatic hydroxyl groups excluding tert-OH is 1.